The molecule has 0 unspecified atom stereocenters. The maximum atomic E-state index is 11.9. The maximum absolute atomic E-state index is 11.9. The van der Waals surface area contributed by atoms with Crippen molar-refractivity contribution in [3.05, 3.63) is 94.2 Å². The molecule has 1 aromatic rings. The summed E-state index contributed by atoms with van der Waals surface area (Å²) in [4.78, 5) is 24.2. The molecule has 0 bridgehead atoms. The molecule has 0 aromatic carbocycles. The van der Waals surface area contributed by atoms with Gasteiger partial charge in [0.2, 0.25) is 0 Å². The Morgan fingerprint density at radius 1 is 1.27 bits per heavy atom. The van der Waals surface area contributed by atoms with Crippen LogP contribution in [-0.2, 0) is 16.1 Å². The molecular formula is C34H44N4O2. The van der Waals surface area contributed by atoms with Crippen molar-refractivity contribution in [2.24, 2.45) is 10.7 Å². The van der Waals surface area contributed by atoms with Crippen LogP contribution in [0.2, 0.25) is 0 Å². The van der Waals surface area contributed by atoms with E-state index in [1.54, 1.807) is 0 Å². The van der Waals surface area contributed by atoms with Crippen molar-refractivity contribution in [2.45, 2.75) is 78.8 Å². The van der Waals surface area contributed by atoms with Gasteiger partial charge in [0.25, 0.3) is 0 Å². The normalized spacial score (nSPS) is 23.6. The number of aliphatic imine (C=N–C) groups is 1. The van der Waals surface area contributed by atoms with E-state index in [0.29, 0.717) is 30.9 Å². The minimum atomic E-state index is -0.0780. The van der Waals surface area contributed by atoms with Crippen LogP contribution in [-0.4, -0.2) is 47.1 Å². The quantitative estimate of drug-likeness (QED) is 0.252. The third-order valence-corrected chi connectivity index (χ3v) is 7.83. The molecule has 1 aromatic heterocycles. The molecule has 1 saturated carbocycles. The summed E-state index contributed by atoms with van der Waals surface area (Å²) < 4.78 is 6.53. The second kappa shape index (κ2) is 14.2. The van der Waals surface area contributed by atoms with Crippen molar-refractivity contribution < 1.29 is 9.53 Å². The molecule has 1 aliphatic heterocycles. The summed E-state index contributed by atoms with van der Waals surface area (Å²) in [7, 11) is 0. The monoisotopic (exact) mass is 540 g/mol. The van der Waals surface area contributed by atoms with Gasteiger partial charge in [0.15, 0.2) is 5.78 Å². The van der Waals surface area contributed by atoms with Crippen LogP contribution < -0.4 is 5.73 Å². The topological polar surface area (TPSA) is 80.8 Å². The van der Waals surface area contributed by atoms with Gasteiger partial charge in [-0.2, -0.15) is 0 Å². The number of hydrogen-bond donors (Lipinski definition) is 1. The van der Waals surface area contributed by atoms with E-state index in [0.717, 1.165) is 54.7 Å². The summed E-state index contributed by atoms with van der Waals surface area (Å²) in [5.41, 5.74) is 13.6. The number of pyridine rings is 1. The van der Waals surface area contributed by atoms with Crippen LogP contribution >= 0.6 is 0 Å². The molecule has 0 radical (unpaired) electrons. The van der Waals surface area contributed by atoms with Crippen LogP contribution in [0, 0.1) is 0 Å². The fraction of sp³-hybridized carbons (Fsp3) is 0.441. The number of hydrogen-bond acceptors (Lipinski definition) is 6. The number of nitrogens with two attached hydrogens (primary N) is 1. The number of aromatic nitrogens is 1. The lowest BCUT2D eigenvalue weighted by atomic mass is 9.92. The van der Waals surface area contributed by atoms with E-state index >= 15 is 0 Å². The Labute approximate surface area is 239 Å². The lowest BCUT2D eigenvalue weighted by Crippen LogP contribution is -2.38. The highest BCUT2D eigenvalue weighted by atomic mass is 16.5. The summed E-state index contributed by atoms with van der Waals surface area (Å²) in [6.45, 7) is 10.8. The first-order valence-corrected chi connectivity index (χ1v) is 14.6. The van der Waals surface area contributed by atoms with Gasteiger partial charge in [0, 0.05) is 43.0 Å². The molecule has 0 atom stereocenters. The van der Waals surface area contributed by atoms with Crippen molar-refractivity contribution in [2.75, 3.05) is 19.7 Å². The Morgan fingerprint density at radius 2 is 2.10 bits per heavy atom. The van der Waals surface area contributed by atoms with Crippen molar-refractivity contribution in [3.8, 4) is 0 Å². The fourth-order valence-corrected chi connectivity index (χ4v) is 5.34. The first-order chi connectivity index (χ1) is 19.4. The fourth-order valence-electron chi connectivity index (χ4n) is 5.34. The Kier molecular flexibility index (Phi) is 10.5. The largest absolute Gasteiger partial charge is 0.493 e. The smallest absolute Gasteiger partial charge is 0.163 e. The number of nitrogens with zero attached hydrogens (tertiary/aromatic N) is 3. The molecular weight excluding hydrogens is 496 g/mol. The number of ether oxygens (including phenoxy) is 1. The van der Waals surface area contributed by atoms with E-state index in [9.17, 15) is 4.79 Å². The lowest BCUT2D eigenvalue weighted by molar-refractivity contribution is -0.113. The zero-order valence-corrected chi connectivity index (χ0v) is 24.6. The highest BCUT2D eigenvalue weighted by Gasteiger charge is 2.27. The summed E-state index contributed by atoms with van der Waals surface area (Å²) in [6, 6.07) is 6.81. The Bertz CT molecular complexity index is 1300. The lowest BCUT2D eigenvalue weighted by Gasteiger charge is -2.34. The predicted octanol–water partition coefficient (Wildman–Crippen LogP) is 6.63. The van der Waals surface area contributed by atoms with Crippen LogP contribution in [0.5, 0.6) is 0 Å². The molecule has 2 heterocycles. The van der Waals surface area contributed by atoms with Crippen molar-refractivity contribution in [3.63, 3.8) is 0 Å². The average Bonchev–Trinajstić information content (AvgIpc) is 3.34. The van der Waals surface area contributed by atoms with Gasteiger partial charge in [0.05, 0.1) is 23.5 Å². The van der Waals surface area contributed by atoms with Gasteiger partial charge >= 0.3 is 0 Å². The summed E-state index contributed by atoms with van der Waals surface area (Å²) >= 11 is 0. The molecule has 0 spiro atoms. The van der Waals surface area contributed by atoms with E-state index in [1.165, 1.54) is 49.1 Å². The standard InChI is InChI=1S/C34H44N4O2/c1-5-32(31(20-35)26(4)39)36-21-28-11-8-15-33(37-28)30-14-7-6-10-24(2)19-34(30)40-23-25(3)18-27-16-17-38(22-27)29-12-9-13-29/h6-8,10-11,15-16,18,20,29H,5,9,12-14,17,19,21-23,35H2,1-4H3/b7-6-,24-10-,25-18+,31-20?,34-30-,36-32?. The van der Waals surface area contributed by atoms with Crippen LogP contribution in [0.25, 0.3) is 5.57 Å². The molecule has 4 rings (SSSR count). The summed E-state index contributed by atoms with van der Waals surface area (Å²) in [5, 5.41) is 0. The van der Waals surface area contributed by atoms with Gasteiger partial charge in [0.1, 0.15) is 12.4 Å². The first kappa shape index (κ1) is 29.5. The number of rotatable bonds is 11. The molecule has 212 valence electrons. The molecule has 40 heavy (non-hydrogen) atoms. The molecule has 6 heteroatoms. The van der Waals surface area contributed by atoms with E-state index in [4.69, 9.17) is 15.5 Å². The zero-order valence-electron chi connectivity index (χ0n) is 24.6. The third-order valence-electron chi connectivity index (χ3n) is 7.83. The van der Waals surface area contributed by atoms with E-state index in [1.807, 2.05) is 25.1 Å². The number of allylic oxidation sites excluding steroid dienone is 6. The van der Waals surface area contributed by atoms with Gasteiger partial charge in [-0.15, -0.1) is 0 Å². The van der Waals surface area contributed by atoms with Crippen molar-refractivity contribution in [1.29, 1.82) is 0 Å². The minimum absolute atomic E-state index is 0.0780. The SMILES string of the molecule is CCC(=NCc1cccc(/C2=C(\OC/C(C)=C/C3=CCN(C4CCC4)C3)C/C(C)=C\C=C/C2)n1)C(=CN)C(C)=O. The van der Waals surface area contributed by atoms with Crippen molar-refractivity contribution >= 4 is 17.1 Å². The Balaban J connectivity index is 1.52. The zero-order chi connectivity index (χ0) is 28.5. The van der Waals surface area contributed by atoms with Crippen LogP contribution in [0.3, 0.4) is 0 Å². The van der Waals surface area contributed by atoms with Gasteiger partial charge in [-0.1, -0.05) is 55.4 Å². The van der Waals surface area contributed by atoms with E-state index in [-0.39, 0.29) is 5.78 Å². The molecule has 3 aliphatic rings. The predicted molar refractivity (Wildman–Crippen MR) is 165 cm³/mol. The highest BCUT2D eigenvalue weighted by Crippen LogP contribution is 2.30. The second-order valence-corrected chi connectivity index (χ2v) is 11.1. The van der Waals surface area contributed by atoms with Gasteiger partial charge < -0.3 is 10.5 Å². The third kappa shape index (κ3) is 7.79. The Morgan fingerprint density at radius 3 is 2.80 bits per heavy atom. The second-order valence-electron chi connectivity index (χ2n) is 11.1. The molecule has 0 saturated heterocycles. The number of carbonyl (C=O) groups excluding carboxylic acids is 1. The molecule has 2 N–H and O–H groups in total. The molecule has 2 aliphatic carbocycles. The number of Topliss-reactive ketones (excluding diaryl/α,β-unsaturated/α-hetero) is 1. The van der Waals surface area contributed by atoms with E-state index < -0.39 is 0 Å². The van der Waals surface area contributed by atoms with Crippen LogP contribution in [0.1, 0.15) is 77.6 Å². The van der Waals surface area contributed by atoms with Gasteiger partial charge in [-0.3, -0.25) is 19.7 Å². The first-order valence-electron chi connectivity index (χ1n) is 14.6. The average molecular weight is 541 g/mol. The highest BCUT2D eigenvalue weighted by molar-refractivity contribution is 6.21. The number of ketones is 1. The molecule has 6 nitrogen and oxygen atoms in total. The summed E-state index contributed by atoms with van der Waals surface area (Å²) in [5.74, 6) is 0.889. The van der Waals surface area contributed by atoms with E-state index in [2.05, 4.69) is 54.1 Å². The minimum Gasteiger partial charge on any atom is -0.493 e. The van der Waals surface area contributed by atoms with Crippen LogP contribution in [0.4, 0.5) is 0 Å². The molecule has 0 amide bonds. The van der Waals surface area contributed by atoms with Crippen LogP contribution in [0.15, 0.2) is 87.8 Å². The Hall–Kier alpha value is -3.51. The summed E-state index contributed by atoms with van der Waals surface area (Å²) in [6.07, 6.45) is 18.6. The maximum Gasteiger partial charge on any atom is 0.163 e. The molecule has 1 fully saturated rings. The number of carbonyl (C=O) groups is 1. The van der Waals surface area contributed by atoms with Gasteiger partial charge in [-0.25, -0.2) is 0 Å². The van der Waals surface area contributed by atoms with Gasteiger partial charge in [-0.05, 0) is 69.7 Å². The van der Waals surface area contributed by atoms with Crippen molar-refractivity contribution in [1.82, 2.24) is 9.88 Å².